The molecule has 28 heavy (non-hydrogen) atoms. The van der Waals surface area contributed by atoms with Crippen molar-refractivity contribution >= 4 is 34.1 Å². The number of hydrogen-bond donors (Lipinski definition) is 2. The Hall–Kier alpha value is -3.39. The van der Waals surface area contributed by atoms with Gasteiger partial charge in [0, 0.05) is 29.8 Å². The minimum absolute atomic E-state index is 0.0409. The van der Waals surface area contributed by atoms with Crippen LogP contribution in [0.5, 0.6) is 5.75 Å². The number of carbonyl (C=O) groups is 1. The van der Waals surface area contributed by atoms with E-state index in [2.05, 4.69) is 10.3 Å². The third kappa shape index (κ3) is 4.12. The number of nitrogens with zero attached hydrogens (tertiary/aromatic N) is 1. The number of nitrogens with one attached hydrogen (secondary N) is 2. The minimum atomic E-state index is -0.650. The van der Waals surface area contributed by atoms with Crippen molar-refractivity contribution in [2.75, 3.05) is 13.7 Å². The molecule has 144 valence electrons. The average Bonchev–Trinajstić information content (AvgIpc) is 2.67. The Bertz CT molecular complexity index is 1130. The molecule has 0 fully saturated rings. The highest BCUT2D eigenvalue weighted by atomic mass is 35.5. The molecule has 1 amide bonds. The fourth-order valence-corrected chi connectivity index (χ4v) is 2.93. The molecule has 0 aliphatic heterocycles. The zero-order chi connectivity index (χ0) is 20.3. The molecule has 9 heteroatoms. The zero-order valence-corrected chi connectivity index (χ0v) is 15.6. The number of hydrogen-bond acceptors (Lipinski definition) is 5. The average molecular weight is 402 g/mol. The summed E-state index contributed by atoms with van der Waals surface area (Å²) in [6.07, 6.45) is 0.304. The van der Waals surface area contributed by atoms with Crippen LogP contribution in [0.25, 0.3) is 10.9 Å². The highest BCUT2D eigenvalue weighted by Crippen LogP contribution is 2.25. The summed E-state index contributed by atoms with van der Waals surface area (Å²) in [5.74, 6) is 0.155. The van der Waals surface area contributed by atoms with Gasteiger partial charge in [0.2, 0.25) is 0 Å². The van der Waals surface area contributed by atoms with Gasteiger partial charge in [-0.25, -0.2) is 0 Å². The van der Waals surface area contributed by atoms with Crippen LogP contribution in [0.15, 0.2) is 47.3 Å². The lowest BCUT2D eigenvalue weighted by Gasteiger charge is -2.07. The summed E-state index contributed by atoms with van der Waals surface area (Å²) in [5, 5.41) is 14.4. The van der Waals surface area contributed by atoms with Gasteiger partial charge in [0.25, 0.3) is 17.2 Å². The van der Waals surface area contributed by atoms with Crippen LogP contribution in [0.2, 0.25) is 5.02 Å². The first kappa shape index (κ1) is 19.4. The smallest absolute Gasteiger partial charge is 0.288 e. The molecule has 0 aliphatic carbocycles. The Morgan fingerprint density at radius 1 is 1.25 bits per heavy atom. The first-order chi connectivity index (χ1) is 13.4. The lowest BCUT2D eigenvalue weighted by molar-refractivity contribution is -0.384. The third-order valence-corrected chi connectivity index (χ3v) is 4.53. The van der Waals surface area contributed by atoms with Crippen LogP contribution in [-0.4, -0.2) is 29.5 Å². The number of aromatic nitrogens is 1. The maximum absolute atomic E-state index is 12.2. The first-order valence-electron chi connectivity index (χ1n) is 8.31. The number of methoxy groups -OCH3 is 1. The van der Waals surface area contributed by atoms with Crippen molar-refractivity contribution in [1.82, 2.24) is 10.3 Å². The number of H-pyrrole nitrogens is 1. The maximum atomic E-state index is 12.2. The second-order valence-corrected chi connectivity index (χ2v) is 6.41. The van der Waals surface area contributed by atoms with E-state index in [0.717, 1.165) is 11.5 Å². The van der Waals surface area contributed by atoms with Gasteiger partial charge >= 0.3 is 0 Å². The number of carbonyl (C=O) groups excluding carboxylic acids is 1. The van der Waals surface area contributed by atoms with Crippen molar-refractivity contribution in [2.45, 2.75) is 6.42 Å². The van der Waals surface area contributed by atoms with Crippen LogP contribution < -0.4 is 15.6 Å². The Morgan fingerprint density at radius 2 is 2.04 bits per heavy atom. The second kappa shape index (κ2) is 8.10. The molecule has 3 rings (SSSR count). The highest BCUT2D eigenvalue weighted by molar-refractivity contribution is 6.32. The number of fused-ring (bicyclic) bond motifs is 1. The fourth-order valence-electron chi connectivity index (χ4n) is 2.74. The molecule has 3 aromatic rings. The molecular formula is C19H16ClN3O5. The lowest BCUT2D eigenvalue weighted by Crippen LogP contribution is -2.27. The molecule has 0 unspecified atom stereocenters. The molecule has 1 aromatic heterocycles. The van der Waals surface area contributed by atoms with Gasteiger partial charge in [0.15, 0.2) is 0 Å². The van der Waals surface area contributed by atoms with Gasteiger partial charge in [-0.2, -0.15) is 0 Å². The molecular weight excluding hydrogens is 386 g/mol. The van der Waals surface area contributed by atoms with Crippen molar-refractivity contribution in [3.63, 3.8) is 0 Å². The van der Waals surface area contributed by atoms with Gasteiger partial charge in [0.1, 0.15) is 10.8 Å². The number of pyridine rings is 1. The van der Waals surface area contributed by atoms with Gasteiger partial charge in [-0.3, -0.25) is 19.7 Å². The number of aromatic amines is 1. The monoisotopic (exact) mass is 401 g/mol. The van der Waals surface area contributed by atoms with Gasteiger partial charge in [-0.1, -0.05) is 11.6 Å². The van der Waals surface area contributed by atoms with Crippen LogP contribution in [0, 0.1) is 10.1 Å². The molecule has 0 radical (unpaired) electrons. The minimum Gasteiger partial charge on any atom is -0.497 e. The quantitative estimate of drug-likeness (QED) is 0.486. The molecule has 0 aliphatic rings. The Balaban J connectivity index is 1.70. The van der Waals surface area contributed by atoms with Crippen molar-refractivity contribution in [3.8, 4) is 5.75 Å². The lowest BCUT2D eigenvalue weighted by atomic mass is 10.1. The molecule has 0 spiro atoms. The van der Waals surface area contributed by atoms with E-state index in [1.54, 1.807) is 25.3 Å². The first-order valence-corrected chi connectivity index (χ1v) is 8.69. The normalized spacial score (nSPS) is 10.6. The SMILES string of the molecule is COc1ccc2cc(CCNC(=O)c3ccc(Cl)c([N+](=O)[O-])c3)c(=O)[nH]c2c1. The Morgan fingerprint density at radius 3 is 2.75 bits per heavy atom. The van der Waals surface area contributed by atoms with Crippen LogP contribution in [0.1, 0.15) is 15.9 Å². The molecule has 1 heterocycles. The van der Waals surface area contributed by atoms with E-state index in [0.29, 0.717) is 23.3 Å². The van der Waals surface area contributed by atoms with Crippen molar-refractivity contribution in [3.05, 3.63) is 79.1 Å². The summed E-state index contributed by atoms with van der Waals surface area (Å²) in [6, 6.07) is 10.9. The summed E-state index contributed by atoms with van der Waals surface area (Å²) >= 11 is 5.75. The summed E-state index contributed by atoms with van der Waals surface area (Å²) in [6.45, 7) is 0.194. The van der Waals surface area contributed by atoms with E-state index in [-0.39, 0.29) is 28.4 Å². The van der Waals surface area contributed by atoms with E-state index < -0.39 is 10.8 Å². The van der Waals surface area contributed by atoms with Gasteiger partial charge in [-0.15, -0.1) is 0 Å². The van der Waals surface area contributed by atoms with E-state index in [1.807, 2.05) is 6.07 Å². The predicted octanol–water partition coefficient (Wildman–Crippen LogP) is 3.07. The number of halogens is 1. The maximum Gasteiger partial charge on any atom is 0.288 e. The van der Waals surface area contributed by atoms with Crippen molar-refractivity contribution in [2.24, 2.45) is 0 Å². The van der Waals surface area contributed by atoms with Crippen molar-refractivity contribution < 1.29 is 14.5 Å². The zero-order valence-electron chi connectivity index (χ0n) is 14.8. The highest BCUT2D eigenvalue weighted by Gasteiger charge is 2.16. The number of rotatable bonds is 6. The number of nitro groups is 1. The van der Waals surface area contributed by atoms with E-state index in [1.165, 1.54) is 12.1 Å². The molecule has 0 saturated heterocycles. The second-order valence-electron chi connectivity index (χ2n) is 6.01. The van der Waals surface area contributed by atoms with Gasteiger partial charge in [0.05, 0.1) is 17.5 Å². The summed E-state index contributed by atoms with van der Waals surface area (Å²) in [7, 11) is 1.55. The van der Waals surface area contributed by atoms with Crippen molar-refractivity contribution in [1.29, 1.82) is 0 Å². The summed E-state index contributed by atoms with van der Waals surface area (Å²) in [5.41, 5.74) is 0.703. The fraction of sp³-hybridized carbons (Fsp3) is 0.158. The molecule has 0 atom stereocenters. The topological polar surface area (TPSA) is 114 Å². The van der Waals surface area contributed by atoms with E-state index in [4.69, 9.17) is 16.3 Å². The predicted molar refractivity (Wildman–Crippen MR) is 105 cm³/mol. The standard InChI is InChI=1S/C19H16ClN3O5/c1-28-14-4-2-11-8-13(19(25)22-16(11)10-14)6-7-21-18(24)12-3-5-15(20)17(9-12)23(26)27/h2-5,8-10H,6-7H2,1H3,(H,21,24)(H,22,25). The molecule has 2 aromatic carbocycles. The Kier molecular flexibility index (Phi) is 5.60. The molecule has 8 nitrogen and oxygen atoms in total. The summed E-state index contributed by atoms with van der Waals surface area (Å²) in [4.78, 5) is 37.5. The number of amides is 1. The van der Waals surface area contributed by atoms with Crippen LogP contribution in [-0.2, 0) is 6.42 Å². The van der Waals surface area contributed by atoms with Crippen LogP contribution in [0.4, 0.5) is 5.69 Å². The van der Waals surface area contributed by atoms with E-state index in [9.17, 15) is 19.7 Å². The molecule has 0 saturated carbocycles. The number of benzene rings is 2. The van der Waals surface area contributed by atoms with Gasteiger partial charge < -0.3 is 15.0 Å². The molecule has 0 bridgehead atoms. The van der Waals surface area contributed by atoms with Crippen LogP contribution in [0.3, 0.4) is 0 Å². The third-order valence-electron chi connectivity index (χ3n) is 4.21. The largest absolute Gasteiger partial charge is 0.497 e. The number of ether oxygens (including phenoxy) is 1. The number of nitro benzene ring substituents is 1. The van der Waals surface area contributed by atoms with Crippen LogP contribution >= 0.6 is 11.6 Å². The Labute approximate surface area is 164 Å². The van der Waals surface area contributed by atoms with Gasteiger partial charge in [-0.05, 0) is 42.1 Å². The molecule has 2 N–H and O–H groups in total. The van der Waals surface area contributed by atoms with E-state index >= 15 is 0 Å². The summed E-state index contributed by atoms with van der Waals surface area (Å²) < 4.78 is 5.14.